The lowest BCUT2D eigenvalue weighted by molar-refractivity contribution is -0.143. The van der Waals surface area contributed by atoms with Crippen molar-refractivity contribution in [2.45, 2.75) is 25.3 Å². The standard InChI is InChI=1S/C20H19FN2O5/c21-15-6-7-16(22-11-15)9-14(10-18(24)25)19(26)23-17(12-28-20(23)27)8-13-4-2-1-3-5-13/h1-7,11,14,17H,8-10,12H2,(H,24,25). The zero-order valence-electron chi connectivity index (χ0n) is 15.0. The van der Waals surface area contributed by atoms with Gasteiger partial charge in [-0.25, -0.2) is 14.1 Å². The number of benzene rings is 1. The highest BCUT2D eigenvalue weighted by Crippen LogP contribution is 2.23. The highest BCUT2D eigenvalue weighted by molar-refractivity contribution is 5.96. The number of rotatable bonds is 7. The number of carboxylic acid groups (broad SMARTS) is 1. The topological polar surface area (TPSA) is 96.8 Å². The van der Waals surface area contributed by atoms with Crippen molar-refractivity contribution in [3.63, 3.8) is 0 Å². The van der Waals surface area contributed by atoms with Crippen molar-refractivity contribution in [2.75, 3.05) is 6.61 Å². The zero-order chi connectivity index (χ0) is 20.1. The van der Waals surface area contributed by atoms with Gasteiger partial charge in [0.1, 0.15) is 12.4 Å². The summed E-state index contributed by atoms with van der Waals surface area (Å²) in [7, 11) is 0. The van der Waals surface area contributed by atoms with Gasteiger partial charge in [-0.2, -0.15) is 0 Å². The molecule has 2 aromatic rings. The molecule has 1 aliphatic rings. The number of cyclic esters (lactones) is 1. The van der Waals surface area contributed by atoms with E-state index in [-0.39, 0.29) is 13.0 Å². The molecule has 8 heteroatoms. The van der Waals surface area contributed by atoms with Gasteiger partial charge >= 0.3 is 12.1 Å². The number of halogens is 1. The number of carbonyl (C=O) groups is 3. The van der Waals surface area contributed by atoms with Gasteiger partial charge in [0, 0.05) is 12.1 Å². The van der Waals surface area contributed by atoms with Gasteiger partial charge in [0.05, 0.1) is 24.6 Å². The number of nitrogens with zero attached hydrogens (tertiary/aromatic N) is 2. The fraction of sp³-hybridized carbons (Fsp3) is 0.300. The molecule has 1 fully saturated rings. The van der Waals surface area contributed by atoms with Crippen LogP contribution in [0.5, 0.6) is 0 Å². The van der Waals surface area contributed by atoms with Crippen molar-refractivity contribution in [3.05, 3.63) is 65.7 Å². The summed E-state index contributed by atoms with van der Waals surface area (Å²) < 4.78 is 18.1. The fourth-order valence-electron chi connectivity index (χ4n) is 3.20. The largest absolute Gasteiger partial charge is 0.481 e. The summed E-state index contributed by atoms with van der Waals surface area (Å²) in [6, 6.07) is 11.4. The Bertz CT molecular complexity index is 857. The molecule has 2 atom stereocenters. The minimum Gasteiger partial charge on any atom is -0.481 e. The van der Waals surface area contributed by atoms with Crippen LogP contribution in [0.1, 0.15) is 17.7 Å². The van der Waals surface area contributed by atoms with Crippen LogP contribution in [-0.4, -0.2) is 45.6 Å². The van der Waals surface area contributed by atoms with E-state index in [1.807, 2.05) is 30.3 Å². The molecule has 1 aliphatic heterocycles. The molecule has 0 spiro atoms. The number of aromatic nitrogens is 1. The SMILES string of the molecule is O=C(O)CC(Cc1ccc(F)cn1)C(=O)N1C(=O)OCC1Cc1ccccc1. The van der Waals surface area contributed by atoms with Crippen molar-refractivity contribution in [1.29, 1.82) is 0 Å². The first-order valence-corrected chi connectivity index (χ1v) is 8.80. The molecule has 1 aromatic heterocycles. The Morgan fingerprint density at radius 1 is 1.25 bits per heavy atom. The van der Waals surface area contributed by atoms with E-state index in [1.54, 1.807) is 0 Å². The van der Waals surface area contributed by atoms with Crippen LogP contribution < -0.4 is 0 Å². The lowest BCUT2D eigenvalue weighted by Gasteiger charge is -2.24. The number of imide groups is 1. The molecule has 0 aliphatic carbocycles. The quantitative estimate of drug-likeness (QED) is 0.785. The molecule has 2 unspecified atom stereocenters. The van der Waals surface area contributed by atoms with Gasteiger partial charge in [-0.3, -0.25) is 14.6 Å². The van der Waals surface area contributed by atoms with Crippen LogP contribution in [0.15, 0.2) is 48.7 Å². The summed E-state index contributed by atoms with van der Waals surface area (Å²) in [5.74, 6) is -3.35. The normalized spacial score (nSPS) is 17.2. The Morgan fingerprint density at radius 3 is 2.64 bits per heavy atom. The van der Waals surface area contributed by atoms with Crippen molar-refractivity contribution in [1.82, 2.24) is 9.88 Å². The maximum Gasteiger partial charge on any atom is 0.416 e. The first kappa shape index (κ1) is 19.5. The summed E-state index contributed by atoms with van der Waals surface area (Å²) in [5, 5.41) is 9.20. The molecule has 1 saturated heterocycles. The molecule has 3 rings (SSSR count). The average Bonchev–Trinajstić information content (AvgIpc) is 3.03. The van der Waals surface area contributed by atoms with Crippen molar-refractivity contribution in [2.24, 2.45) is 5.92 Å². The number of carboxylic acids is 1. The van der Waals surface area contributed by atoms with Crippen molar-refractivity contribution >= 4 is 18.0 Å². The third-order valence-corrected chi connectivity index (χ3v) is 4.53. The Morgan fingerprint density at radius 2 is 2.00 bits per heavy atom. The van der Waals surface area contributed by atoms with Crippen LogP contribution in [0.3, 0.4) is 0 Å². The van der Waals surface area contributed by atoms with E-state index in [0.717, 1.165) is 16.7 Å². The van der Waals surface area contributed by atoms with Crippen LogP contribution in [0, 0.1) is 11.7 Å². The molecule has 1 aromatic carbocycles. The van der Waals surface area contributed by atoms with E-state index in [4.69, 9.17) is 4.74 Å². The minimum absolute atomic E-state index is 0.0206. The van der Waals surface area contributed by atoms with Crippen molar-refractivity contribution < 1.29 is 28.6 Å². The molecule has 0 bridgehead atoms. The summed E-state index contributed by atoms with van der Waals surface area (Å²) in [6.07, 6.45) is 0.133. The van der Waals surface area contributed by atoms with Crippen LogP contribution in [0.2, 0.25) is 0 Å². The second-order valence-electron chi connectivity index (χ2n) is 6.60. The second-order valence-corrected chi connectivity index (χ2v) is 6.60. The maximum absolute atomic E-state index is 13.1. The Kier molecular flexibility index (Phi) is 5.98. The summed E-state index contributed by atoms with van der Waals surface area (Å²) in [4.78, 5) is 41.3. The number of aliphatic carboxylic acids is 1. The average molecular weight is 386 g/mol. The minimum atomic E-state index is -1.17. The van der Waals surface area contributed by atoms with Gasteiger partial charge in [0.2, 0.25) is 5.91 Å². The molecule has 146 valence electrons. The fourth-order valence-corrected chi connectivity index (χ4v) is 3.20. The van der Waals surface area contributed by atoms with Gasteiger partial charge in [-0.05, 0) is 24.1 Å². The van der Waals surface area contributed by atoms with E-state index >= 15 is 0 Å². The molecule has 7 nitrogen and oxygen atoms in total. The van der Waals surface area contributed by atoms with Gasteiger partial charge in [0.15, 0.2) is 0 Å². The molecule has 0 saturated carbocycles. The number of hydrogen-bond acceptors (Lipinski definition) is 5. The molecule has 2 heterocycles. The Labute approximate surface area is 160 Å². The van der Waals surface area contributed by atoms with Crippen LogP contribution >= 0.6 is 0 Å². The number of hydrogen-bond donors (Lipinski definition) is 1. The maximum atomic E-state index is 13.1. The van der Waals surface area contributed by atoms with Gasteiger partial charge in [-0.1, -0.05) is 30.3 Å². The second kappa shape index (κ2) is 8.60. The first-order chi connectivity index (χ1) is 13.4. The van der Waals surface area contributed by atoms with Crippen molar-refractivity contribution in [3.8, 4) is 0 Å². The molecule has 28 heavy (non-hydrogen) atoms. The predicted octanol–water partition coefficient (Wildman–Crippen LogP) is 2.44. The molecule has 0 radical (unpaired) electrons. The lowest BCUT2D eigenvalue weighted by atomic mass is 9.96. The number of pyridine rings is 1. The molecule has 2 amide bonds. The third kappa shape index (κ3) is 4.70. The van der Waals surface area contributed by atoms with Crippen LogP contribution in [0.4, 0.5) is 9.18 Å². The zero-order valence-corrected chi connectivity index (χ0v) is 15.0. The van der Waals surface area contributed by atoms with Crippen LogP contribution in [-0.2, 0) is 27.2 Å². The number of ether oxygens (including phenoxy) is 1. The number of amides is 2. The summed E-state index contributed by atoms with van der Waals surface area (Å²) in [6.45, 7) is 0.0497. The Hall–Kier alpha value is -3.29. The lowest BCUT2D eigenvalue weighted by Crippen LogP contribution is -2.44. The molecule has 1 N–H and O–H groups in total. The monoisotopic (exact) mass is 386 g/mol. The smallest absolute Gasteiger partial charge is 0.416 e. The van der Waals surface area contributed by atoms with Gasteiger partial charge in [0.25, 0.3) is 0 Å². The van der Waals surface area contributed by atoms with E-state index < -0.39 is 42.2 Å². The Balaban J connectivity index is 1.79. The highest BCUT2D eigenvalue weighted by Gasteiger charge is 2.41. The van der Waals surface area contributed by atoms with Crippen LogP contribution in [0.25, 0.3) is 0 Å². The first-order valence-electron chi connectivity index (χ1n) is 8.80. The summed E-state index contributed by atoms with van der Waals surface area (Å²) >= 11 is 0. The predicted molar refractivity (Wildman–Crippen MR) is 95.8 cm³/mol. The van der Waals surface area contributed by atoms with Gasteiger partial charge in [-0.15, -0.1) is 0 Å². The van der Waals surface area contributed by atoms with E-state index in [1.165, 1.54) is 12.1 Å². The molecular weight excluding hydrogens is 367 g/mol. The van der Waals surface area contributed by atoms with E-state index in [9.17, 15) is 23.9 Å². The third-order valence-electron chi connectivity index (χ3n) is 4.53. The molecular formula is C20H19FN2O5. The van der Waals surface area contributed by atoms with Gasteiger partial charge < -0.3 is 9.84 Å². The van der Waals surface area contributed by atoms with E-state index in [0.29, 0.717) is 12.1 Å². The number of carbonyl (C=O) groups excluding carboxylic acids is 2. The summed E-state index contributed by atoms with van der Waals surface area (Å²) in [5.41, 5.74) is 1.30. The van der Waals surface area contributed by atoms with E-state index in [2.05, 4.69) is 4.98 Å². The highest BCUT2D eigenvalue weighted by atomic mass is 19.1.